The van der Waals surface area contributed by atoms with Gasteiger partial charge in [0.25, 0.3) is 0 Å². The Morgan fingerprint density at radius 3 is 3.14 bits per heavy atom. The second-order valence-corrected chi connectivity index (χ2v) is 6.77. The number of nitrogens with one attached hydrogen (secondary N) is 1. The fourth-order valence-corrected chi connectivity index (χ4v) is 4.05. The summed E-state index contributed by atoms with van der Waals surface area (Å²) in [6.45, 7) is 5.68. The largest absolute Gasteiger partial charge is 0.493 e. The maximum atomic E-state index is 12.2. The number of aromatic nitrogens is 1. The zero-order valence-corrected chi connectivity index (χ0v) is 12.9. The second-order valence-electron chi connectivity index (χ2n) is 5.76. The van der Waals surface area contributed by atoms with E-state index in [0.29, 0.717) is 5.92 Å². The molecule has 0 spiro atoms. The van der Waals surface area contributed by atoms with Crippen LogP contribution in [0, 0.1) is 5.92 Å². The molecule has 1 unspecified atom stereocenters. The van der Waals surface area contributed by atoms with Crippen LogP contribution < -0.4 is 15.0 Å². The van der Waals surface area contributed by atoms with Crippen LogP contribution in [0.1, 0.15) is 19.4 Å². The molecule has 2 aromatic rings. The van der Waals surface area contributed by atoms with Crippen LogP contribution >= 0.6 is 11.3 Å². The van der Waals surface area contributed by atoms with Gasteiger partial charge >= 0.3 is 6.03 Å². The number of anilines is 1. The maximum Gasteiger partial charge on any atom is 0.323 e. The third kappa shape index (κ3) is 1.89. The molecule has 0 saturated carbocycles. The molecule has 5 nitrogen and oxygen atoms in total. The van der Waals surface area contributed by atoms with Crippen LogP contribution in [0.4, 0.5) is 9.93 Å². The summed E-state index contributed by atoms with van der Waals surface area (Å²) in [4.78, 5) is 18.8. The van der Waals surface area contributed by atoms with Crippen molar-refractivity contribution in [2.45, 2.75) is 26.3 Å². The summed E-state index contributed by atoms with van der Waals surface area (Å²) in [6, 6.07) is 4.15. The van der Waals surface area contributed by atoms with E-state index < -0.39 is 0 Å². The van der Waals surface area contributed by atoms with Crippen molar-refractivity contribution >= 4 is 32.7 Å². The van der Waals surface area contributed by atoms with Gasteiger partial charge in [-0.15, -0.1) is 0 Å². The van der Waals surface area contributed by atoms with E-state index in [1.165, 1.54) is 5.56 Å². The number of hydrogen-bond acceptors (Lipinski definition) is 4. The topological polar surface area (TPSA) is 54.5 Å². The molecule has 3 heterocycles. The summed E-state index contributed by atoms with van der Waals surface area (Å²) >= 11 is 1.58. The van der Waals surface area contributed by atoms with Crippen molar-refractivity contribution in [1.29, 1.82) is 0 Å². The number of carbonyl (C=O) groups excluding carboxylic acids is 1. The van der Waals surface area contributed by atoms with Crippen molar-refractivity contribution in [2.75, 3.05) is 18.1 Å². The first-order valence-corrected chi connectivity index (χ1v) is 8.09. The van der Waals surface area contributed by atoms with E-state index in [-0.39, 0.29) is 12.1 Å². The molecule has 0 aliphatic carbocycles. The van der Waals surface area contributed by atoms with E-state index in [1.807, 2.05) is 12.1 Å². The lowest BCUT2D eigenvalue weighted by atomic mass is 10.0. The zero-order valence-electron chi connectivity index (χ0n) is 12.0. The Hall–Kier alpha value is -1.82. The summed E-state index contributed by atoms with van der Waals surface area (Å²) < 4.78 is 6.71. The first-order valence-electron chi connectivity index (χ1n) is 7.27. The van der Waals surface area contributed by atoms with E-state index in [2.05, 4.69) is 19.2 Å². The van der Waals surface area contributed by atoms with Gasteiger partial charge in [0, 0.05) is 24.6 Å². The lowest BCUT2D eigenvalue weighted by Crippen LogP contribution is -2.55. The molecule has 4 rings (SSSR count). The molecule has 1 fully saturated rings. The van der Waals surface area contributed by atoms with E-state index >= 15 is 0 Å². The molecular weight excluding hydrogens is 286 g/mol. The SMILES string of the molecule is CC1CNC(=O)N(c2nc3c4c(ccc3s2)OCC4)[C@H]1C. The molecule has 2 aliphatic rings. The molecule has 1 N–H and O–H groups in total. The third-order valence-electron chi connectivity index (χ3n) is 4.45. The predicted molar refractivity (Wildman–Crippen MR) is 83.3 cm³/mol. The highest BCUT2D eigenvalue weighted by atomic mass is 32.1. The first-order chi connectivity index (χ1) is 10.1. The van der Waals surface area contributed by atoms with Gasteiger partial charge in [0.15, 0.2) is 5.13 Å². The fraction of sp³-hybridized carbons (Fsp3) is 0.467. The molecule has 1 aromatic heterocycles. The summed E-state index contributed by atoms with van der Waals surface area (Å²) in [7, 11) is 0. The molecule has 2 aliphatic heterocycles. The lowest BCUT2D eigenvalue weighted by molar-refractivity contribution is 0.231. The first kappa shape index (κ1) is 12.9. The number of hydrogen-bond donors (Lipinski definition) is 1. The van der Waals surface area contributed by atoms with E-state index in [0.717, 1.165) is 40.7 Å². The van der Waals surface area contributed by atoms with Crippen LogP contribution in [-0.4, -0.2) is 30.2 Å². The van der Waals surface area contributed by atoms with Crippen molar-refractivity contribution in [3.05, 3.63) is 17.7 Å². The van der Waals surface area contributed by atoms with Crippen LogP contribution in [0.25, 0.3) is 10.2 Å². The monoisotopic (exact) mass is 303 g/mol. The van der Waals surface area contributed by atoms with Crippen LogP contribution in [0.3, 0.4) is 0 Å². The average Bonchev–Trinajstić information content (AvgIpc) is 3.08. The Kier molecular flexibility index (Phi) is 2.82. The van der Waals surface area contributed by atoms with Gasteiger partial charge in [0.1, 0.15) is 5.75 Å². The predicted octanol–water partition coefficient (Wildman–Crippen LogP) is 2.79. The molecule has 0 bridgehead atoms. The fourth-order valence-electron chi connectivity index (χ4n) is 2.97. The zero-order chi connectivity index (χ0) is 14.6. The lowest BCUT2D eigenvalue weighted by Gasteiger charge is -2.36. The second kappa shape index (κ2) is 4.59. The van der Waals surface area contributed by atoms with E-state index in [4.69, 9.17) is 9.72 Å². The van der Waals surface area contributed by atoms with Crippen LogP contribution in [-0.2, 0) is 6.42 Å². The molecular formula is C15H17N3O2S. The Bertz CT molecular complexity index is 727. The van der Waals surface area contributed by atoms with Gasteiger partial charge in [0.05, 0.1) is 16.8 Å². The standard InChI is InChI=1S/C15H17N3O2S/c1-8-7-16-14(19)18(9(8)2)15-17-13-10-5-6-20-11(10)3-4-12(13)21-15/h3-4,8-9H,5-7H2,1-2H3,(H,16,19)/t8?,9-/m0/s1. The van der Waals surface area contributed by atoms with Crippen molar-refractivity contribution in [1.82, 2.24) is 10.3 Å². The number of ether oxygens (including phenoxy) is 1. The minimum atomic E-state index is -0.0486. The molecule has 110 valence electrons. The minimum Gasteiger partial charge on any atom is -0.493 e. The Morgan fingerprint density at radius 2 is 2.29 bits per heavy atom. The maximum absolute atomic E-state index is 12.2. The van der Waals surface area contributed by atoms with Gasteiger partial charge in [-0.2, -0.15) is 0 Å². The number of urea groups is 1. The quantitative estimate of drug-likeness (QED) is 0.881. The highest BCUT2D eigenvalue weighted by molar-refractivity contribution is 7.22. The molecule has 2 amide bonds. The van der Waals surface area contributed by atoms with Gasteiger partial charge in [-0.3, -0.25) is 4.90 Å². The summed E-state index contributed by atoms with van der Waals surface area (Å²) in [5, 5.41) is 3.72. The smallest absolute Gasteiger partial charge is 0.323 e. The molecule has 1 aromatic carbocycles. The third-order valence-corrected chi connectivity index (χ3v) is 5.47. The van der Waals surface area contributed by atoms with Crippen molar-refractivity contribution in [3.8, 4) is 5.75 Å². The number of nitrogens with zero attached hydrogens (tertiary/aromatic N) is 2. The summed E-state index contributed by atoms with van der Waals surface area (Å²) in [6.07, 6.45) is 0.897. The summed E-state index contributed by atoms with van der Waals surface area (Å²) in [5.41, 5.74) is 2.16. The Labute approximate surface area is 126 Å². The van der Waals surface area contributed by atoms with Gasteiger partial charge in [-0.05, 0) is 25.0 Å². The molecule has 21 heavy (non-hydrogen) atoms. The van der Waals surface area contributed by atoms with Gasteiger partial charge in [-0.1, -0.05) is 18.3 Å². The molecule has 0 radical (unpaired) electrons. The van der Waals surface area contributed by atoms with Gasteiger partial charge < -0.3 is 10.1 Å². The number of carbonyl (C=O) groups is 1. The van der Waals surface area contributed by atoms with Gasteiger partial charge in [-0.25, -0.2) is 9.78 Å². The number of thiazole rings is 1. The number of benzene rings is 1. The number of rotatable bonds is 1. The highest BCUT2D eigenvalue weighted by Gasteiger charge is 2.33. The Balaban J connectivity index is 1.82. The number of amides is 2. The molecule has 6 heteroatoms. The molecule has 2 atom stereocenters. The van der Waals surface area contributed by atoms with Crippen molar-refractivity contribution in [2.24, 2.45) is 5.92 Å². The average molecular weight is 303 g/mol. The Morgan fingerprint density at radius 1 is 1.43 bits per heavy atom. The van der Waals surface area contributed by atoms with Gasteiger partial charge in [0.2, 0.25) is 0 Å². The normalized spacial score (nSPS) is 24.9. The minimum absolute atomic E-state index is 0.0486. The van der Waals surface area contributed by atoms with E-state index in [1.54, 1.807) is 16.2 Å². The van der Waals surface area contributed by atoms with Crippen LogP contribution in [0.5, 0.6) is 5.75 Å². The van der Waals surface area contributed by atoms with Crippen LogP contribution in [0.2, 0.25) is 0 Å². The number of fused-ring (bicyclic) bond motifs is 3. The van der Waals surface area contributed by atoms with Crippen molar-refractivity contribution in [3.63, 3.8) is 0 Å². The van der Waals surface area contributed by atoms with E-state index in [9.17, 15) is 4.79 Å². The summed E-state index contributed by atoms with van der Waals surface area (Å²) in [5.74, 6) is 1.34. The molecule has 1 saturated heterocycles. The van der Waals surface area contributed by atoms with Crippen molar-refractivity contribution < 1.29 is 9.53 Å². The van der Waals surface area contributed by atoms with Crippen LogP contribution in [0.15, 0.2) is 12.1 Å². The highest BCUT2D eigenvalue weighted by Crippen LogP contribution is 2.38.